The fraction of sp³-hybridized carbons (Fsp3) is 0.682. The lowest BCUT2D eigenvalue weighted by Crippen LogP contribution is -2.59. The van der Waals surface area contributed by atoms with E-state index in [-0.39, 0.29) is 22.5 Å². The zero-order valence-electron chi connectivity index (χ0n) is 20.7. The van der Waals surface area contributed by atoms with Crippen LogP contribution in [0.15, 0.2) is 18.3 Å². The predicted molar refractivity (Wildman–Crippen MR) is 138 cm³/mol. The number of halogens is 1. The van der Waals surface area contributed by atoms with Crippen LogP contribution in [0.3, 0.4) is 0 Å². The summed E-state index contributed by atoms with van der Waals surface area (Å²) < 4.78 is 35.1. The van der Waals surface area contributed by atoms with E-state index in [0.717, 1.165) is 32.1 Å². The van der Waals surface area contributed by atoms with Crippen LogP contribution in [0.25, 0.3) is 11.0 Å². The number of hydrogen-bond donors (Lipinski definition) is 6. The molecule has 17 heteroatoms. The lowest BCUT2D eigenvalue weighted by Gasteiger charge is -2.58. The summed E-state index contributed by atoms with van der Waals surface area (Å²) in [5.41, 5.74) is -0.159. The predicted octanol–water partition coefficient (Wildman–Crippen LogP) is 1.98. The van der Waals surface area contributed by atoms with Crippen LogP contribution in [0, 0.1) is 17.8 Å². The summed E-state index contributed by atoms with van der Waals surface area (Å²) in [5.74, 6) is 0.327. The Morgan fingerprint density at radius 2 is 1.90 bits per heavy atom. The molecule has 1 saturated heterocycles. The van der Waals surface area contributed by atoms with Gasteiger partial charge in [-0.15, -0.1) is 0 Å². The van der Waals surface area contributed by atoms with Crippen LogP contribution in [-0.2, 0) is 18.4 Å². The number of aromatic nitrogens is 4. The van der Waals surface area contributed by atoms with E-state index in [0.29, 0.717) is 29.0 Å². The summed E-state index contributed by atoms with van der Waals surface area (Å²) in [6, 6.07) is 0.122. The Balaban J connectivity index is 1.22. The quantitative estimate of drug-likeness (QED) is 0.145. The maximum absolute atomic E-state index is 12.0. The van der Waals surface area contributed by atoms with Crippen molar-refractivity contribution >= 4 is 43.6 Å². The molecule has 0 spiro atoms. The second kappa shape index (κ2) is 9.55. The van der Waals surface area contributed by atoms with E-state index in [1.807, 2.05) is 0 Å². The van der Waals surface area contributed by atoms with E-state index in [1.165, 1.54) is 10.9 Å². The topological polar surface area (TPSA) is 209 Å². The summed E-state index contributed by atoms with van der Waals surface area (Å²) in [6.07, 6.45) is 2.54. The van der Waals surface area contributed by atoms with E-state index < -0.39 is 51.7 Å². The van der Waals surface area contributed by atoms with Crippen molar-refractivity contribution in [2.24, 2.45) is 17.8 Å². The van der Waals surface area contributed by atoms with Crippen LogP contribution in [0.5, 0.6) is 0 Å². The molecule has 1 aliphatic heterocycles. The molecule has 5 unspecified atom stereocenters. The number of hydrogen-bond acceptors (Lipinski definition) is 10. The number of aliphatic hydroxyl groups is 2. The van der Waals surface area contributed by atoms with Crippen molar-refractivity contribution < 1.29 is 43.3 Å². The lowest BCUT2D eigenvalue weighted by atomic mass is 9.52. The largest absolute Gasteiger partial charge is 0.390 e. The van der Waals surface area contributed by atoms with Crippen molar-refractivity contribution in [1.82, 2.24) is 19.7 Å². The van der Waals surface area contributed by atoms with Crippen LogP contribution in [-0.4, -0.2) is 81.0 Å². The van der Waals surface area contributed by atoms with Gasteiger partial charge in [-0.2, -0.15) is 15.1 Å². The van der Waals surface area contributed by atoms with E-state index >= 15 is 0 Å². The van der Waals surface area contributed by atoms with Crippen molar-refractivity contribution in [3.63, 3.8) is 0 Å². The molecule has 7 rings (SSSR count). The van der Waals surface area contributed by atoms with Gasteiger partial charge in [0.15, 0.2) is 17.8 Å². The maximum atomic E-state index is 12.0. The van der Waals surface area contributed by atoms with Crippen molar-refractivity contribution in [1.29, 1.82) is 0 Å². The summed E-state index contributed by atoms with van der Waals surface area (Å²) in [4.78, 5) is 36.4. The molecule has 39 heavy (non-hydrogen) atoms. The van der Waals surface area contributed by atoms with Gasteiger partial charge in [0.1, 0.15) is 18.0 Å². The van der Waals surface area contributed by atoms with Gasteiger partial charge in [0.25, 0.3) is 0 Å². The van der Waals surface area contributed by atoms with Gasteiger partial charge in [-0.1, -0.05) is 6.58 Å². The van der Waals surface area contributed by atoms with Crippen LogP contribution in [0.2, 0.25) is 5.28 Å². The molecule has 4 bridgehead atoms. The first kappa shape index (κ1) is 27.7. The Kier molecular flexibility index (Phi) is 6.79. The molecule has 9 atom stereocenters. The van der Waals surface area contributed by atoms with Crippen LogP contribution < -0.4 is 5.32 Å². The fourth-order valence-corrected chi connectivity index (χ4v) is 9.79. The highest BCUT2D eigenvalue weighted by molar-refractivity contribution is 7.70. The summed E-state index contributed by atoms with van der Waals surface area (Å²) in [7, 11) is -9.43. The normalized spacial score (nSPS) is 37.5. The second-order valence-corrected chi connectivity index (χ2v) is 15.6. The molecule has 0 aromatic carbocycles. The van der Waals surface area contributed by atoms with Gasteiger partial charge < -0.3 is 39.5 Å². The Morgan fingerprint density at radius 1 is 1.21 bits per heavy atom. The number of aliphatic hydroxyl groups excluding tert-OH is 1. The Labute approximate surface area is 228 Å². The number of anilines is 1. The van der Waals surface area contributed by atoms with Gasteiger partial charge in [-0.3, -0.25) is 9.13 Å². The van der Waals surface area contributed by atoms with E-state index in [9.17, 15) is 24.2 Å². The lowest BCUT2D eigenvalue weighted by molar-refractivity contribution is -0.129. The molecule has 4 aliphatic carbocycles. The molecule has 0 radical (unpaired) electrons. The minimum atomic E-state index is -4.80. The highest BCUT2D eigenvalue weighted by atomic mass is 35.5. The van der Waals surface area contributed by atoms with Crippen LogP contribution >= 0.6 is 26.8 Å². The average Bonchev–Trinajstić information content (AvgIpc) is 3.33. The molecule has 2 aromatic rings. The number of fused-ring (bicyclic) bond motifs is 1. The SMILES string of the molecule is C=C1[C@@H](O)[C@H](n2ncc3c(NC4C5CC6C[C@@H]4CC(O)(C6)C5)nc(Cl)nc32)O[C@@H]1COP(=O)(O)CP(=O)(O)O. The first-order valence-electron chi connectivity index (χ1n) is 12.6. The first-order valence-corrected chi connectivity index (χ1v) is 16.6. The number of nitrogens with one attached hydrogen (secondary N) is 1. The highest BCUT2D eigenvalue weighted by Crippen LogP contribution is 2.57. The standard InChI is InChI=1S/C22H30ClN5O9P2/c1-10-15(8-36-39(34,35)9-38(31,32)33)37-20(17(10)29)28-19-14(7-24-28)18(26-21(23)27-19)25-16-12-2-11-3-13(16)6-22(30,4-11)5-12/h7,11-13,15-17,20,29-30H,1-6,8-9H2,(H,34,35)(H,25,26,27)(H2,31,32,33)/t11?,12-,13?,15-,16?,17-,20-,22?/m1/s1. The van der Waals surface area contributed by atoms with E-state index in [2.05, 4.69) is 27.0 Å². The van der Waals surface area contributed by atoms with Gasteiger partial charge >= 0.3 is 15.2 Å². The van der Waals surface area contributed by atoms with Crippen molar-refractivity contribution in [3.05, 3.63) is 23.6 Å². The highest BCUT2D eigenvalue weighted by Gasteiger charge is 2.55. The molecule has 5 fully saturated rings. The van der Waals surface area contributed by atoms with E-state index in [4.69, 9.17) is 30.6 Å². The minimum absolute atomic E-state index is 0.0425. The van der Waals surface area contributed by atoms with Gasteiger partial charge in [0.2, 0.25) is 5.28 Å². The fourth-order valence-electron chi connectivity index (χ4n) is 7.07. The number of ether oxygens (including phenoxy) is 1. The third-order valence-electron chi connectivity index (χ3n) is 8.37. The molecule has 214 valence electrons. The zero-order chi connectivity index (χ0) is 27.9. The van der Waals surface area contributed by atoms with Crippen molar-refractivity contribution in [3.8, 4) is 0 Å². The Hall–Kier alpha value is -1.44. The zero-order valence-corrected chi connectivity index (χ0v) is 23.3. The third-order valence-corrected chi connectivity index (χ3v) is 12.0. The Morgan fingerprint density at radius 3 is 2.54 bits per heavy atom. The second-order valence-electron chi connectivity index (χ2n) is 11.3. The number of rotatable bonds is 8. The van der Waals surface area contributed by atoms with E-state index in [1.54, 1.807) is 0 Å². The average molecular weight is 606 g/mol. The summed E-state index contributed by atoms with van der Waals surface area (Å²) in [5, 5.41) is 30.2. The smallest absolute Gasteiger partial charge is 0.340 e. The summed E-state index contributed by atoms with van der Waals surface area (Å²) >= 11 is 6.29. The molecule has 0 amide bonds. The molecular weight excluding hydrogens is 576 g/mol. The molecular formula is C22H30ClN5O9P2. The van der Waals surface area contributed by atoms with Crippen LogP contribution in [0.1, 0.15) is 38.3 Å². The molecule has 3 heterocycles. The monoisotopic (exact) mass is 605 g/mol. The Bertz CT molecular complexity index is 1400. The molecule has 2 aromatic heterocycles. The molecule has 6 N–H and O–H groups in total. The first-order chi connectivity index (χ1) is 18.2. The van der Waals surface area contributed by atoms with Gasteiger partial charge in [0, 0.05) is 6.04 Å². The van der Waals surface area contributed by atoms with Gasteiger partial charge in [0.05, 0.1) is 23.8 Å². The van der Waals surface area contributed by atoms with Crippen molar-refractivity contribution in [2.75, 3.05) is 17.8 Å². The minimum Gasteiger partial charge on any atom is -0.390 e. The molecule has 5 aliphatic rings. The molecule has 14 nitrogen and oxygen atoms in total. The molecule has 4 saturated carbocycles. The summed E-state index contributed by atoms with van der Waals surface area (Å²) in [6.45, 7) is 3.21. The van der Waals surface area contributed by atoms with Crippen molar-refractivity contribution in [2.45, 2.75) is 62.2 Å². The van der Waals surface area contributed by atoms with Crippen LogP contribution in [0.4, 0.5) is 5.82 Å². The number of nitrogens with zero attached hydrogens (tertiary/aromatic N) is 4. The maximum Gasteiger partial charge on any atom is 0.340 e. The van der Waals surface area contributed by atoms with Gasteiger partial charge in [-0.25, -0.2) is 4.68 Å². The van der Waals surface area contributed by atoms with Gasteiger partial charge in [-0.05, 0) is 67.0 Å². The third kappa shape index (κ3) is 5.32.